The van der Waals surface area contributed by atoms with Crippen molar-refractivity contribution in [1.82, 2.24) is 15.1 Å². The minimum atomic E-state index is -0.436. The number of likely N-dealkylation sites (N-methyl/N-ethyl adjacent to an activating group) is 1. The Morgan fingerprint density at radius 1 is 1.21 bits per heavy atom. The fraction of sp³-hybridized carbons (Fsp3) is 0.524. The monoisotopic (exact) mass is 385 g/mol. The van der Waals surface area contributed by atoms with Crippen molar-refractivity contribution in [2.45, 2.75) is 25.3 Å². The van der Waals surface area contributed by atoms with Gasteiger partial charge in [-0.3, -0.25) is 9.69 Å². The lowest BCUT2D eigenvalue weighted by Gasteiger charge is -2.31. The smallest absolute Gasteiger partial charge is 0.322 e. The van der Waals surface area contributed by atoms with E-state index in [2.05, 4.69) is 5.32 Å². The summed E-state index contributed by atoms with van der Waals surface area (Å²) in [4.78, 5) is 30.8. The van der Waals surface area contributed by atoms with Crippen LogP contribution in [0.2, 0.25) is 0 Å². The Balaban J connectivity index is 1.55. The number of nitrogens with zero attached hydrogens (tertiary/aromatic N) is 2. The molecule has 0 unspecified atom stereocenters. The number of amides is 3. The third-order valence-corrected chi connectivity index (χ3v) is 6.16. The van der Waals surface area contributed by atoms with E-state index < -0.39 is 6.04 Å². The Bertz CT molecular complexity index is 801. The minimum absolute atomic E-state index is 0.0334. The summed E-state index contributed by atoms with van der Waals surface area (Å²) in [7, 11) is 3.35. The zero-order chi connectivity index (χ0) is 19.7. The molecular formula is C21H29N4O3+. The third kappa shape index (κ3) is 3.46. The summed E-state index contributed by atoms with van der Waals surface area (Å²) in [6.07, 6.45) is 3.87. The van der Waals surface area contributed by atoms with Crippen molar-refractivity contribution < 1.29 is 19.2 Å². The number of methoxy groups -OCH3 is 1. The Labute approximate surface area is 165 Å². The number of carbonyl (C=O) groups excluding carboxylic acids is 2. The summed E-state index contributed by atoms with van der Waals surface area (Å²) >= 11 is 0. The van der Waals surface area contributed by atoms with E-state index in [4.69, 9.17) is 4.74 Å². The van der Waals surface area contributed by atoms with Crippen LogP contribution in [0.25, 0.3) is 0 Å². The molecule has 1 atom stereocenters. The van der Waals surface area contributed by atoms with Gasteiger partial charge >= 0.3 is 6.03 Å². The first-order valence-electron chi connectivity index (χ1n) is 10.1. The number of ether oxygens (including phenoxy) is 1. The normalized spacial score (nSPS) is 23.1. The average Bonchev–Trinajstić information content (AvgIpc) is 3.06. The van der Waals surface area contributed by atoms with Gasteiger partial charge in [-0.05, 0) is 37.0 Å². The Hall–Kier alpha value is -2.54. The minimum Gasteiger partial charge on any atom is -0.497 e. The number of benzene rings is 1. The van der Waals surface area contributed by atoms with E-state index in [1.165, 1.54) is 32.4 Å². The van der Waals surface area contributed by atoms with Crippen molar-refractivity contribution in [2.24, 2.45) is 0 Å². The number of piperidine rings is 1. The Morgan fingerprint density at radius 2 is 2.00 bits per heavy atom. The maximum atomic E-state index is 13.3. The van der Waals surface area contributed by atoms with Crippen molar-refractivity contribution >= 4 is 11.9 Å². The van der Waals surface area contributed by atoms with E-state index in [0.717, 1.165) is 24.4 Å². The predicted octanol–water partition coefficient (Wildman–Crippen LogP) is 0.556. The van der Waals surface area contributed by atoms with Gasteiger partial charge in [-0.15, -0.1) is 0 Å². The van der Waals surface area contributed by atoms with Gasteiger partial charge in [0, 0.05) is 7.05 Å². The maximum Gasteiger partial charge on any atom is 0.322 e. The van der Waals surface area contributed by atoms with Gasteiger partial charge in [0.15, 0.2) is 0 Å². The molecule has 4 rings (SSSR count). The van der Waals surface area contributed by atoms with E-state index in [9.17, 15) is 9.59 Å². The summed E-state index contributed by atoms with van der Waals surface area (Å²) in [6.45, 7) is 4.60. The average molecular weight is 385 g/mol. The second-order valence-electron chi connectivity index (χ2n) is 7.87. The van der Waals surface area contributed by atoms with Crippen LogP contribution in [0.1, 0.15) is 30.9 Å². The second kappa shape index (κ2) is 7.83. The summed E-state index contributed by atoms with van der Waals surface area (Å²) in [5.41, 5.74) is 2.37. The fourth-order valence-electron chi connectivity index (χ4n) is 4.47. The van der Waals surface area contributed by atoms with E-state index in [1.54, 1.807) is 24.0 Å². The number of carbonyl (C=O) groups is 2. The van der Waals surface area contributed by atoms with Gasteiger partial charge in [0.1, 0.15) is 5.75 Å². The molecule has 1 aromatic rings. The molecule has 3 amide bonds. The third-order valence-electron chi connectivity index (χ3n) is 6.16. The maximum absolute atomic E-state index is 13.3. The van der Waals surface area contributed by atoms with E-state index in [0.29, 0.717) is 17.9 Å². The molecule has 0 aromatic heterocycles. The number of hydrogen-bond acceptors (Lipinski definition) is 3. The highest BCUT2D eigenvalue weighted by atomic mass is 16.5. The van der Waals surface area contributed by atoms with Crippen LogP contribution in [0, 0.1) is 0 Å². The quantitative estimate of drug-likeness (QED) is 0.778. The van der Waals surface area contributed by atoms with Gasteiger partial charge < -0.3 is 19.9 Å². The molecule has 3 heterocycles. The summed E-state index contributed by atoms with van der Waals surface area (Å²) in [5.74, 6) is 0.745. The molecule has 1 fully saturated rings. The van der Waals surface area contributed by atoms with Gasteiger partial charge in [0.05, 0.1) is 57.1 Å². The van der Waals surface area contributed by atoms with E-state index in [1.807, 2.05) is 29.2 Å². The number of nitrogens with one attached hydrogen (secondary N) is 2. The highest BCUT2D eigenvalue weighted by molar-refractivity contribution is 6.01. The van der Waals surface area contributed by atoms with Crippen molar-refractivity contribution in [1.29, 1.82) is 0 Å². The van der Waals surface area contributed by atoms with E-state index in [-0.39, 0.29) is 11.9 Å². The van der Waals surface area contributed by atoms with Crippen LogP contribution in [-0.4, -0.2) is 68.6 Å². The van der Waals surface area contributed by atoms with Crippen molar-refractivity contribution in [3.8, 4) is 5.75 Å². The van der Waals surface area contributed by atoms with Gasteiger partial charge in [-0.2, -0.15) is 0 Å². The molecule has 150 valence electrons. The lowest BCUT2D eigenvalue weighted by molar-refractivity contribution is -0.904. The number of hydrogen-bond donors (Lipinski definition) is 2. The first-order chi connectivity index (χ1) is 13.6. The first-order valence-corrected chi connectivity index (χ1v) is 10.1. The summed E-state index contributed by atoms with van der Waals surface area (Å²) in [5, 5.41) is 2.98. The molecule has 0 aliphatic carbocycles. The molecule has 7 nitrogen and oxygen atoms in total. The zero-order valence-corrected chi connectivity index (χ0v) is 16.7. The fourth-order valence-corrected chi connectivity index (χ4v) is 4.47. The molecule has 1 saturated heterocycles. The first kappa shape index (κ1) is 18.8. The number of quaternary nitrogens is 1. The van der Waals surface area contributed by atoms with Gasteiger partial charge in [-0.1, -0.05) is 12.1 Å². The molecule has 1 aromatic carbocycles. The Morgan fingerprint density at radius 3 is 2.75 bits per heavy atom. The lowest BCUT2D eigenvalue weighted by Crippen LogP contribution is -3.13. The van der Waals surface area contributed by atoms with Crippen LogP contribution < -0.4 is 15.0 Å². The van der Waals surface area contributed by atoms with Gasteiger partial charge in [0.25, 0.3) is 5.91 Å². The standard InChI is InChI=1S/C21H28N4O3/c1-23-17-14-25(12-11-24-9-4-3-5-10-24)20(26)18(17)19(22-21(23)27)15-7-6-8-16(13-15)28-2/h6-8,13,19H,3-5,9-12,14H2,1-2H3,(H,22,27)/p+1/t19-/m0/s1. The topological polar surface area (TPSA) is 66.3 Å². The summed E-state index contributed by atoms with van der Waals surface area (Å²) < 4.78 is 5.32. The van der Waals surface area contributed by atoms with Crippen molar-refractivity contribution in [3.63, 3.8) is 0 Å². The lowest BCUT2D eigenvalue weighted by atomic mass is 9.95. The number of rotatable bonds is 5. The van der Waals surface area contributed by atoms with Gasteiger partial charge in [-0.25, -0.2) is 4.79 Å². The molecule has 0 spiro atoms. The van der Waals surface area contributed by atoms with E-state index >= 15 is 0 Å². The van der Waals surface area contributed by atoms with Gasteiger partial charge in [0.2, 0.25) is 0 Å². The molecule has 0 radical (unpaired) electrons. The molecule has 28 heavy (non-hydrogen) atoms. The SMILES string of the molecule is COc1cccc([C@@H]2NC(=O)N(C)C3=C2C(=O)N(CC[NH+]2CCCCC2)C3)c1. The molecule has 0 saturated carbocycles. The Kier molecular flexibility index (Phi) is 5.26. The van der Waals surface area contributed by atoms with Crippen LogP contribution in [0.4, 0.5) is 4.79 Å². The van der Waals surface area contributed by atoms with Crippen molar-refractivity contribution in [3.05, 3.63) is 41.1 Å². The molecule has 7 heteroatoms. The highest BCUT2D eigenvalue weighted by Gasteiger charge is 2.43. The second-order valence-corrected chi connectivity index (χ2v) is 7.87. The molecule has 2 N–H and O–H groups in total. The van der Waals surface area contributed by atoms with Crippen LogP contribution in [-0.2, 0) is 4.79 Å². The molecule has 3 aliphatic heterocycles. The molecule has 0 bridgehead atoms. The van der Waals surface area contributed by atoms with Crippen LogP contribution in [0.15, 0.2) is 35.5 Å². The predicted molar refractivity (Wildman–Crippen MR) is 105 cm³/mol. The zero-order valence-electron chi connectivity index (χ0n) is 16.7. The highest BCUT2D eigenvalue weighted by Crippen LogP contribution is 2.36. The molecular weight excluding hydrogens is 356 g/mol. The summed E-state index contributed by atoms with van der Waals surface area (Å²) in [6, 6.07) is 6.94. The van der Waals surface area contributed by atoms with Crippen LogP contribution >= 0.6 is 0 Å². The largest absolute Gasteiger partial charge is 0.497 e. The molecule has 3 aliphatic rings. The van der Waals surface area contributed by atoms with Crippen molar-refractivity contribution in [2.75, 3.05) is 46.9 Å². The number of likely N-dealkylation sites (tertiary alicyclic amines) is 1. The van der Waals surface area contributed by atoms with Crippen LogP contribution in [0.5, 0.6) is 5.75 Å². The van der Waals surface area contributed by atoms with Crippen LogP contribution in [0.3, 0.4) is 0 Å². The number of urea groups is 1.